The highest BCUT2D eigenvalue weighted by Crippen LogP contribution is 2.57. The van der Waals surface area contributed by atoms with Gasteiger partial charge >= 0.3 is 0 Å². The van der Waals surface area contributed by atoms with Crippen LogP contribution in [-0.2, 0) is 12.0 Å². The van der Waals surface area contributed by atoms with Crippen LogP contribution in [0, 0.1) is 0 Å². The Bertz CT molecular complexity index is 3400. The lowest BCUT2D eigenvalue weighted by Crippen LogP contribution is -2.21. The molecule has 8 aromatic carbocycles. The van der Waals surface area contributed by atoms with E-state index in [4.69, 9.17) is 20.1 Å². The normalized spacial score (nSPS) is 14.8. The zero-order valence-electron chi connectivity index (χ0n) is 33.7. The van der Waals surface area contributed by atoms with Crippen molar-refractivity contribution in [1.29, 1.82) is 0 Å². The molecule has 2 aromatic heterocycles. The third kappa shape index (κ3) is 5.61. The number of aliphatic imine (C=N–C) groups is 2. The quantitative estimate of drug-likeness (QED) is 0.135. The fourth-order valence-corrected chi connectivity index (χ4v) is 10.5. The molecule has 1 fully saturated rings. The number of nitrogens with two attached hydrogens (primary N) is 1. The van der Waals surface area contributed by atoms with Crippen LogP contribution in [0.5, 0.6) is 0 Å². The molecular formula is C56H42N4O. The average molecular weight is 787 g/mol. The SMILES string of the molecule is NC(=NC(=NCc1ccc(-c2cccc3c2oc2ccccc23)cc1)c1ccc2c(c1)c1ccccc1n2-c1ccccc1)c1cccc2c1-c1ccccc1C21CCCC1. The Hall–Kier alpha value is -7.50. The van der Waals surface area contributed by atoms with Crippen molar-refractivity contribution in [3.63, 3.8) is 0 Å². The molecule has 5 nitrogen and oxygen atoms in total. The number of benzene rings is 8. The van der Waals surface area contributed by atoms with Crippen LogP contribution >= 0.6 is 0 Å². The summed E-state index contributed by atoms with van der Waals surface area (Å²) in [5, 5.41) is 4.56. The van der Waals surface area contributed by atoms with Gasteiger partial charge in [-0.3, -0.25) is 4.99 Å². The molecule has 0 amide bonds. The van der Waals surface area contributed by atoms with Gasteiger partial charge in [-0.05, 0) is 88.7 Å². The van der Waals surface area contributed by atoms with Gasteiger partial charge in [0.15, 0.2) is 5.84 Å². The van der Waals surface area contributed by atoms with Crippen LogP contribution in [0.1, 0.15) is 53.5 Å². The Morgan fingerprint density at radius 2 is 1.28 bits per heavy atom. The predicted octanol–water partition coefficient (Wildman–Crippen LogP) is 13.5. The van der Waals surface area contributed by atoms with E-state index in [0.29, 0.717) is 18.2 Å². The Morgan fingerprint density at radius 1 is 0.590 bits per heavy atom. The minimum atomic E-state index is 0.0409. The molecule has 0 saturated heterocycles. The molecule has 2 aliphatic carbocycles. The fraction of sp³-hybridized carbons (Fsp3) is 0.107. The summed E-state index contributed by atoms with van der Waals surface area (Å²) in [5.74, 6) is 1.08. The van der Waals surface area contributed by atoms with Crippen molar-refractivity contribution in [1.82, 2.24) is 4.57 Å². The number of amidine groups is 2. The van der Waals surface area contributed by atoms with Crippen molar-refractivity contribution >= 4 is 55.4 Å². The van der Waals surface area contributed by atoms with Crippen LogP contribution in [0.15, 0.2) is 196 Å². The first kappa shape index (κ1) is 35.4. The Balaban J connectivity index is 0.978. The second kappa shape index (κ2) is 14.1. The Morgan fingerprint density at radius 3 is 2.15 bits per heavy atom. The molecule has 292 valence electrons. The summed E-state index contributed by atoms with van der Waals surface area (Å²) in [5.41, 5.74) is 22.9. The average Bonchev–Trinajstić information content (AvgIpc) is 4.10. The van der Waals surface area contributed by atoms with Gasteiger partial charge in [-0.1, -0.05) is 152 Å². The summed E-state index contributed by atoms with van der Waals surface area (Å²) < 4.78 is 8.71. The minimum Gasteiger partial charge on any atom is -0.455 e. The van der Waals surface area contributed by atoms with Crippen LogP contribution in [0.4, 0.5) is 0 Å². The second-order valence-electron chi connectivity index (χ2n) is 16.6. The van der Waals surface area contributed by atoms with Gasteiger partial charge in [0.25, 0.3) is 0 Å². The number of aromatic nitrogens is 1. The largest absolute Gasteiger partial charge is 0.455 e. The maximum absolute atomic E-state index is 7.22. The Kier molecular flexibility index (Phi) is 8.17. The van der Waals surface area contributed by atoms with Gasteiger partial charge in [0, 0.05) is 49.3 Å². The van der Waals surface area contributed by atoms with Crippen molar-refractivity contribution < 1.29 is 4.42 Å². The molecular weight excluding hydrogens is 745 g/mol. The fourth-order valence-electron chi connectivity index (χ4n) is 10.5. The van der Waals surface area contributed by atoms with Gasteiger partial charge in [-0.25, -0.2) is 4.99 Å². The van der Waals surface area contributed by atoms with E-state index in [-0.39, 0.29) is 5.41 Å². The van der Waals surface area contributed by atoms with Crippen LogP contribution in [0.25, 0.3) is 71.7 Å². The zero-order chi connectivity index (χ0) is 40.5. The van der Waals surface area contributed by atoms with Crippen LogP contribution in [0.3, 0.4) is 0 Å². The summed E-state index contributed by atoms with van der Waals surface area (Å²) in [6, 6.07) is 64.5. The highest BCUT2D eigenvalue weighted by molar-refractivity contribution is 6.17. The van der Waals surface area contributed by atoms with E-state index in [2.05, 4.69) is 174 Å². The van der Waals surface area contributed by atoms with Gasteiger partial charge in [0.1, 0.15) is 17.0 Å². The van der Waals surface area contributed by atoms with E-state index in [1.165, 1.54) is 40.5 Å². The number of hydrogen-bond donors (Lipinski definition) is 1. The summed E-state index contributed by atoms with van der Waals surface area (Å²) in [6.45, 7) is 0.434. The first-order chi connectivity index (χ1) is 30.1. The first-order valence-corrected chi connectivity index (χ1v) is 21.4. The summed E-state index contributed by atoms with van der Waals surface area (Å²) >= 11 is 0. The highest BCUT2D eigenvalue weighted by Gasteiger charge is 2.45. The molecule has 1 saturated carbocycles. The van der Waals surface area contributed by atoms with Gasteiger partial charge in [-0.15, -0.1) is 0 Å². The summed E-state index contributed by atoms with van der Waals surface area (Å²) in [6.07, 6.45) is 4.79. The minimum absolute atomic E-state index is 0.0409. The smallest absolute Gasteiger partial charge is 0.157 e. The van der Waals surface area contributed by atoms with Gasteiger partial charge in [-0.2, -0.15) is 0 Å². The van der Waals surface area contributed by atoms with E-state index in [1.54, 1.807) is 0 Å². The number of hydrogen-bond acceptors (Lipinski definition) is 2. The number of rotatable bonds is 6. The molecule has 5 heteroatoms. The standard InChI is InChI=1S/C56H42N4O/c57-54(45-21-13-23-48-52(45)44-18-4-7-22-47(44)56(48)32-10-11-33-56)59-55(38-30-31-50-46(34-38)41-16-5-8-24-49(41)60(50)39-14-2-1-3-15-39)58-35-36-26-28-37(29-27-36)40-19-12-20-43-42-17-6-9-25-51(42)61-53(40)43/h1-9,12-31,34H,10-11,32-33,35H2,(H2,57,58,59). The number of nitrogens with zero attached hydrogens (tertiary/aromatic N) is 3. The second-order valence-corrected chi connectivity index (χ2v) is 16.6. The highest BCUT2D eigenvalue weighted by atomic mass is 16.3. The summed E-state index contributed by atoms with van der Waals surface area (Å²) in [7, 11) is 0. The molecule has 0 radical (unpaired) electrons. The number of furan rings is 1. The van der Waals surface area contributed by atoms with E-state index < -0.39 is 0 Å². The third-order valence-electron chi connectivity index (χ3n) is 13.3. The van der Waals surface area contributed by atoms with Gasteiger partial charge in [0.2, 0.25) is 0 Å². The number of para-hydroxylation sites is 4. The molecule has 12 rings (SSSR count). The lowest BCUT2D eigenvalue weighted by molar-refractivity contribution is 0.550. The molecule has 0 unspecified atom stereocenters. The van der Waals surface area contributed by atoms with Crippen molar-refractivity contribution in [2.45, 2.75) is 37.6 Å². The van der Waals surface area contributed by atoms with Crippen molar-refractivity contribution in [3.8, 4) is 27.9 Å². The maximum Gasteiger partial charge on any atom is 0.157 e. The monoisotopic (exact) mass is 786 g/mol. The van der Waals surface area contributed by atoms with E-state index in [1.807, 2.05) is 12.1 Å². The van der Waals surface area contributed by atoms with Crippen molar-refractivity contribution in [2.75, 3.05) is 0 Å². The summed E-state index contributed by atoms with van der Waals surface area (Å²) in [4.78, 5) is 10.6. The molecule has 61 heavy (non-hydrogen) atoms. The lowest BCUT2D eigenvalue weighted by atomic mass is 9.76. The maximum atomic E-state index is 7.22. The van der Waals surface area contributed by atoms with E-state index in [9.17, 15) is 0 Å². The zero-order valence-corrected chi connectivity index (χ0v) is 33.7. The van der Waals surface area contributed by atoms with Crippen LogP contribution in [0.2, 0.25) is 0 Å². The van der Waals surface area contributed by atoms with E-state index in [0.717, 1.165) is 84.7 Å². The lowest BCUT2D eigenvalue weighted by Gasteiger charge is -2.26. The molecule has 0 bridgehead atoms. The molecule has 2 heterocycles. The molecule has 0 aliphatic heterocycles. The topological polar surface area (TPSA) is 68.8 Å². The molecule has 2 N–H and O–H groups in total. The third-order valence-corrected chi connectivity index (χ3v) is 13.3. The van der Waals surface area contributed by atoms with Crippen molar-refractivity contribution in [3.05, 3.63) is 210 Å². The van der Waals surface area contributed by atoms with Gasteiger partial charge < -0.3 is 14.7 Å². The van der Waals surface area contributed by atoms with Crippen LogP contribution in [-0.4, -0.2) is 16.2 Å². The van der Waals surface area contributed by atoms with Crippen LogP contribution < -0.4 is 5.73 Å². The number of fused-ring (bicyclic) bond motifs is 11. The molecule has 10 aromatic rings. The Labute approximate surface area is 354 Å². The molecule has 1 spiro atoms. The first-order valence-electron chi connectivity index (χ1n) is 21.4. The molecule has 0 atom stereocenters. The van der Waals surface area contributed by atoms with E-state index >= 15 is 0 Å². The predicted molar refractivity (Wildman–Crippen MR) is 252 cm³/mol. The molecule has 2 aliphatic rings. The van der Waals surface area contributed by atoms with Crippen molar-refractivity contribution in [2.24, 2.45) is 15.7 Å². The van der Waals surface area contributed by atoms with Gasteiger partial charge in [0.05, 0.1) is 17.6 Å².